The molecule has 5 nitrogen and oxygen atoms in total. The van der Waals surface area contributed by atoms with Crippen LogP contribution in [0.2, 0.25) is 0 Å². The van der Waals surface area contributed by atoms with Crippen molar-refractivity contribution >= 4 is 12.0 Å². The predicted octanol–water partition coefficient (Wildman–Crippen LogP) is 4.38. The molecular weight excluding hydrogens is 397 g/mol. The zero-order valence-corrected chi connectivity index (χ0v) is 16.6. The monoisotopic (exact) mass is 420 g/mol. The fourth-order valence-corrected chi connectivity index (χ4v) is 3.81. The van der Waals surface area contributed by atoms with E-state index in [1.165, 1.54) is 0 Å². The average Bonchev–Trinajstić information content (AvgIpc) is 3.08. The topological polar surface area (TPSA) is 69.6 Å². The van der Waals surface area contributed by atoms with E-state index in [4.69, 9.17) is 0 Å². The Labute approximate surface area is 172 Å². The van der Waals surface area contributed by atoms with E-state index in [1.807, 2.05) is 0 Å². The highest BCUT2D eigenvalue weighted by Gasteiger charge is 2.40. The number of nitrogens with one attached hydrogen (secondary N) is 1. The first-order chi connectivity index (χ1) is 14.2. The molecule has 2 aromatic carbocycles. The number of hydrogen-bond acceptors (Lipinski definition) is 2. The Morgan fingerprint density at radius 3 is 2.23 bits per heavy atom. The molecule has 2 amide bonds. The summed E-state index contributed by atoms with van der Waals surface area (Å²) in [4.78, 5) is 24.9. The molecule has 30 heavy (non-hydrogen) atoms. The highest BCUT2D eigenvalue weighted by molar-refractivity contribution is 5.86. The molecule has 0 aromatic heterocycles. The van der Waals surface area contributed by atoms with E-state index in [9.17, 15) is 27.9 Å². The minimum absolute atomic E-state index is 0.0509. The van der Waals surface area contributed by atoms with Crippen LogP contribution in [0.1, 0.15) is 48.9 Å². The third kappa shape index (κ3) is 4.42. The largest absolute Gasteiger partial charge is 0.465 e. The lowest BCUT2D eigenvalue weighted by Gasteiger charge is -2.25. The Hall–Kier alpha value is -3.03. The second-order valence-corrected chi connectivity index (χ2v) is 7.69. The van der Waals surface area contributed by atoms with E-state index >= 15 is 0 Å². The van der Waals surface area contributed by atoms with Crippen LogP contribution in [0.4, 0.5) is 18.0 Å². The van der Waals surface area contributed by atoms with Gasteiger partial charge in [0.05, 0.1) is 12.6 Å². The van der Waals surface area contributed by atoms with Gasteiger partial charge in [-0.3, -0.25) is 9.69 Å². The fraction of sp³-hybridized carbons (Fsp3) is 0.364. The second kappa shape index (κ2) is 8.77. The molecule has 0 bridgehead atoms. The van der Waals surface area contributed by atoms with Crippen LogP contribution in [0.5, 0.6) is 0 Å². The Kier molecular flexibility index (Phi) is 6.34. The van der Waals surface area contributed by atoms with Crippen LogP contribution in [0.15, 0.2) is 42.5 Å². The molecule has 0 saturated carbocycles. The number of likely N-dealkylation sites (tertiary alicyclic amines) is 1. The van der Waals surface area contributed by atoms with Crippen molar-refractivity contribution in [2.75, 3.05) is 6.54 Å². The van der Waals surface area contributed by atoms with Crippen LogP contribution in [0.3, 0.4) is 0 Å². The lowest BCUT2D eigenvalue weighted by Crippen LogP contribution is -2.46. The van der Waals surface area contributed by atoms with Crippen LogP contribution in [0.25, 0.3) is 0 Å². The van der Waals surface area contributed by atoms with Gasteiger partial charge in [-0.15, -0.1) is 0 Å². The van der Waals surface area contributed by atoms with Crippen molar-refractivity contribution in [3.63, 3.8) is 0 Å². The summed E-state index contributed by atoms with van der Waals surface area (Å²) in [5.74, 6) is -2.55. The smallest absolute Gasteiger partial charge is 0.408 e. The van der Waals surface area contributed by atoms with Crippen molar-refractivity contribution in [3.05, 3.63) is 70.8 Å². The van der Waals surface area contributed by atoms with Gasteiger partial charge in [-0.25, -0.2) is 18.0 Å². The van der Waals surface area contributed by atoms with Gasteiger partial charge in [0.2, 0.25) is 5.91 Å². The fourth-order valence-electron chi connectivity index (χ4n) is 3.81. The van der Waals surface area contributed by atoms with Gasteiger partial charge in [0.25, 0.3) is 0 Å². The van der Waals surface area contributed by atoms with Crippen LogP contribution in [0, 0.1) is 11.6 Å². The van der Waals surface area contributed by atoms with Gasteiger partial charge in [0.1, 0.15) is 23.8 Å². The van der Waals surface area contributed by atoms with Gasteiger partial charge in [-0.2, -0.15) is 0 Å². The first-order valence-electron chi connectivity index (χ1n) is 9.66. The molecule has 0 aliphatic carbocycles. The van der Waals surface area contributed by atoms with Crippen LogP contribution in [-0.2, 0) is 4.79 Å². The SMILES string of the molecule is CC(C)c1c(F)cc([C@@H](NC(=O)C2CC(F)CN2C(=O)O)c2ccccc2)cc1F. The van der Waals surface area contributed by atoms with E-state index in [-0.39, 0.29) is 23.5 Å². The number of halogens is 3. The third-order valence-electron chi connectivity index (χ3n) is 5.23. The van der Waals surface area contributed by atoms with Crippen LogP contribution >= 0.6 is 0 Å². The Morgan fingerprint density at radius 1 is 1.10 bits per heavy atom. The molecule has 1 aliphatic heterocycles. The quantitative estimate of drug-likeness (QED) is 0.754. The number of rotatable bonds is 5. The van der Waals surface area contributed by atoms with Crippen LogP contribution < -0.4 is 5.32 Å². The average molecular weight is 420 g/mol. The molecule has 160 valence electrons. The molecule has 1 fully saturated rings. The number of carbonyl (C=O) groups is 2. The van der Waals surface area contributed by atoms with Crippen molar-refractivity contribution < 1.29 is 27.9 Å². The van der Waals surface area contributed by atoms with Crippen molar-refractivity contribution in [1.82, 2.24) is 10.2 Å². The summed E-state index contributed by atoms with van der Waals surface area (Å²) in [5.41, 5.74) is 0.675. The van der Waals surface area contributed by atoms with E-state index in [0.29, 0.717) is 5.56 Å². The van der Waals surface area contributed by atoms with Gasteiger partial charge in [-0.1, -0.05) is 44.2 Å². The number of carboxylic acid groups (broad SMARTS) is 1. The highest BCUT2D eigenvalue weighted by atomic mass is 19.1. The Bertz CT molecular complexity index is 913. The number of carbonyl (C=O) groups excluding carboxylic acids is 1. The molecule has 1 heterocycles. The van der Waals surface area contributed by atoms with Crippen molar-refractivity contribution in [3.8, 4) is 0 Å². The second-order valence-electron chi connectivity index (χ2n) is 7.69. The molecule has 0 radical (unpaired) electrons. The van der Waals surface area contributed by atoms with Gasteiger partial charge < -0.3 is 10.4 Å². The predicted molar refractivity (Wildman–Crippen MR) is 105 cm³/mol. The van der Waals surface area contributed by atoms with Crippen LogP contribution in [-0.4, -0.2) is 40.8 Å². The molecule has 0 spiro atoms. The maximum absolute atomic E-state index is 14.6. The van der Waals surface area contributed by atoms with Crippen molar-refractivity contribution in [2.45, 2.75) is 44.4 Å². The number of hydrogen-bond donors (Lipinski definition) is 2. The maximum Gasteiger partial charge on any atom is 0.408 e. The Morgan fingerprint density at radius 2 is 1.70 bits per heavy atom. The number of alkyl halides is 1. The summed E-state index contributed by atoms with van der Waals surface area (Å²) in [6, 6.07) is 8.71. The lowest BCUT2D eigenvalue weighted by molar-refractivity contribution is -0.125. The molecular formula is C22H23F3N2O3. The zero-order chi connectivity index (χ0) is 22.0. The summed E-state index contributed by atoms with van der Waals surface area (Å²) < 4.78 is 43.0. The minimum atomic E-state index is -1.45. The highest BCUT2D eigenvalue weighted by Crippen LogP contribution is 2.30. The molecule has 1 aliphatic rings. The summed E-state index contributed by atoms with van der Waals surface area (Å²) in [6.45, 7) is 2.95. The van der Waals surface area contributed by atoms with Gasteiger partial charge in [0.15, 0.2) is 0 Å². The minimum Gasteiger partial charge on any atom is -0.465 e. The van der Waals surface area contributed by atoms with Crippen molar-refractivity contribution in [2.24, 2.45) is 0 Å². The Balaban J connectivity index is 1.97. The van der Waals surface area contributed by atoms with Crippen molar-refractivity contribution in [1.29, 1.82) is 0 Å². The van der Waals surface area contributed by atoms with E-state index < -0.39 is 48.4 Å². The normalized spacial score (nSPS) is 19.7. The zero-order valence-electron chi connectivity index (χ0n) is 16.6. The maximum atomic E-state index is 14.6. The number of amides is 2. The summed E-state index contributed by atoms with van der Waals surface area (Å²) >= 11 is 0. The lowest BCUT2D eigenvalue weighted by atomic mass is 9.93. The number of benzene rings is 2. The molecule has 3 atom stereocenters. The third-order valence-corrected chi connectivity index (χ3v) is 5.23. The molecule has 2 aromatic rings. The van der Waals surface area contributed by atoms with E-state index in [1.54, 1.807) is 44.2 Å². The van der Waals surface area contributed by atoms with Gasteiger partial charge in [-0.05, 0) is 29.2 Å². The molecule has 2 N–H and O–H groups in total. The number of nitrogens with zero attached hydrogens (tertiary/aromatic N) is 1. The standard InChI is InChI=1S/C22H23F3N2O3/c1-12(2)19-16(24)8-14(9-17(19)25)20(13-6-4-3-5-7-13)26-21(28)18-10-15(23)11-27(18)22(29)30/h3-9,12,15,18,20H,10-11H2,1-2H3,(H,26,28)(H,29,30)/t15?,18?,20-/m0/s1. The molecule has 1 saturated heterocycles. The molecule has 3 rings (SSSR count). The van der Waals surface area contributed by atoms with Gasteiger partial charge in [0, 0.05) is 12.0 Å². The first-order valence-corrected chi connectivity index (χ1v) is 9.66. The summed E-state index contributed by atoms with van der Waals surface area (Å²) in [5, 5.41) is 11.9. The first kappa shape index (κ1) is 21.7. The molecule has 8 heteroatoms. The summed E-state index contributed by atoms with van der Waals surface area (Å²) in [6.07, 6.45) is -3.12. The summed E-state index contributed by atoms with van der Waals surface area (Å²) in [7, 11) is 0. The van der Waals surface area contributed by atoms with E-state index in [2.05, 4.69) is 5.32 Å². The van der Waals surface area contributed by atoms with Gasteiger partial charge >= 0.3 is 6.09 Å². The van der Waals surface area contributed by atoms with E-state index in [0.717, 1.165) is 17.0 Å². The molecule has 2 unspecified atom stereocenters.